The van der Waals surface area contributed by atoms with Gasteiger partial charge in [-0.15, -0.1) is 0 Å². The maximum atomic E-state index is 11.8. The van der Waals surface area contributed by atoms with Gasteiger partial charge in [0, 0.05) is 6.54 Å². The normalized spacial score (nSPS) is 29.9. The van der Waals surface area contributed by atoms with Gasteiger partial charge in [-0.3, -0.25) is 14.5 Å². The number of hydrogen-bond donors (Lipinski definition) is 1. The van der Waals surface area contributed by atoms with Crippen molar-refractivity contribution in [2.75, 3.05) is 13.2 Å². The molecular formula is C8H15FN2O. The first-order chi connectivity index (χ1) is 5.66. The third-order valence-electron chi connectivity index (χ3n) is 2.14. The summed E-state index contributed by atoms with van der Waals surface area (Å²) in [5.41, 5.74) is 0. The van der Waals surface area contributed by atoms with Crippen molar-refractivity contribution in [1.29, 1.82) is 0 Å². The number of carbonyl (C=O) groups is 1. The predicted molar refractivity (Wildman–Crippen MR) is 44.4 cm³/mol. The van der Waals surface area contributed by atoms with E-state index in [1.165, 1.54) is 0 Å². The van der Waals surface area contributed by atoms with Crippen LogP contribution in [0, 0.1) is 0 Å². The van der Waals surface area contributed by atoms with E-state index < -0.39 is 0 Å². The Balaban J connectivity index is 2.46. The van der Waals surface area contributed by atoms with Crippen LogP contribution in [-0.4, -0.2) is 36.2 Å². The fraction of sp³-hybridized carbons (Fsp3) is 0.875. The maximum absolute atomic E-state index is 11.8. The molecule has 1 aliphatic rings. The molecule has 0 aromatic carbocycles. The van der Waals surface area contributed by atoms with Crippen LogP contribution in [0.4, 0.5) is 4.39 Å². The van der Waals surface area contributed by atoms with Gasteiger partial charge in [-0.25, -0.2) is 0 Å². The molecule has 1 amide bonds. The van der Waals surface area contributed by atoms with E-state index in [4.69, 9.17) is 0 Å². The van der Waals surface area contributed by atoms with Crippen molar-refractivity contribution in [3.8, 4) is 0 Å². The van der Waals surface area contributed by atoms with Crippen LogP contribution < -0.4 is 5.32 Å². The number of halogens is 1. The molecule has 1 fully saturated rings. The Morgan fingerprint density at radius 3 is 2.67 bits per heavy atom. The highest BCUT2D eigenvalue weighted by molar-refractivity contribution is 5.83. The summed E-state index contributed by atoms with van der Waals surface area (Å²) in [5.74, 6) is 0.0796. The van der Waals surface area contributed by atoms with Crippen molar-refractivity contribution >= 4 is 5.91 Å². The molecule has 0 radical (unpaired) electrons. The molecule has 1 rings (SSSR count). The number of nitrogens with zero attached hydrogens (tertiary/aromatic N) is 1. The molecule has 3 nitrogen and oxygen atoms in total. The average molecular weight is 174 g/mol. The lowest BCUT2D eigenvalue weighted by atomic mass is 10.3. The van der Waals surface area contributed by atoms with Crippen molar-refractivity contribution in [3.63, 3.8) is 0 Å². The standard InChI is InChI=1S/C8H15FN2O/c1-6-8(12)11(5-3-4-9)7(2)10-6/h6-7,10H,3-5H2,1-2H3. The first-order valence-electron chi connectivity index (χ1n) is 4.29. The molecule has 1 N–H and O–H groups in total. The minimum atomic E-state index is -0.356. The Morgan fingerprint density at radius 1 is 1.58 bits per heavy atom. The van der Waals surface area contributed by atoms with Gasteiger partial charge in [0.05, 0.1) is 18.9 Å². The van der Waals surface area contributed by atoms with Gasteiger partial charge in [0.25, 0.3) is 0 Å². The fourth-order valence-electron chi connectivity index (χ4n) is 1.50. The zero-order valence-electron chi connectivity index (χ0n) is 7.51. The second-order valence-corrected chi connectivity index (χ2v) is 3.14. The molecule has 1 heterocycles. The summed E-state index contributed by atoms with van der Waals surface area (Å²) in [5, 5.41) is 3.08. The van der Waals surface area contributed by atoms with E-state index >= 15 is 0 Å². The zero-order valence-corrected chi connectivity index (χ0v) is 7.51. The summed E-state index contributed by atoms with van der Waals surface area (Å²) in [6.07, 6.45) is 0.490. The Kier molecular flexibility index (Phi) is 3.03. The second kappa shape index (κ2) is 3.85. The van der Waals surface area contributed by atoms with Crippen LogP contribution in [0.5, 0.6) is 0 Å². The van der Waals surface area contributed by atoms with Crippen molar-refractivity contribution in [2.24, 2.45) is 0 Å². The summed E-state index contributed by atoms with van der Waals surface area (Å²) in [7, 11) is 0. The molecule has 1 aliphatic heterocycles. The number of amides is 1. The smallest absolute Gasteiger partial charge is 0.240 e. The van der Waals surface area contributed by atoms with Crippen molar-refractivity contribution in [3.05, 3.63) is 0 Å². The maximum Gasteiger partial charge on any atom is 0.240 e. The van der Waals surface area contributed by atoms with Crippen LogP contribution in [-0.2, 0) is 4.79 Å². The minimum absolute atomic E-state index is 0.0547. The van der Waals surface area contributed by atoms with E-state index in [1.807, 2.05) is 13.8 Å². The SMILES string of the molecule is CC1NC(C)N(CCCF)C1=O. The molecule has 0 aromatic rings. The van der Waals surface area contributed by atoms with Gasteiger partial charge in [-0.1, -0.05) is 0 Å². The van der Waals surface area contributed by atoms with Crippen molar-refractivity contribution in [1.82, 2.24) is 10.2 Å². The van der Waals surface area contributed by atoms with Gasteiger partial charge in [-0.05, 0) is 20.3 Å². The first-order valence-corrected chi connectivity index (χ1v) is 4.29. The molecule has 4 heteroatoms. The van der Waals surface area contributed by atoms with Gasteiger partial charge in [-0.2, -0.15) is 0 Å². The topological polar surface area (TPSA) is 32.3 Å². The van der Waals surface area contributed by atoms with Crippen molar-refractivity contribution < 1.29 is 9.18 Å². The van der Waals surface area contributed by atoms with Crippen LogP contribution in [0.25, 0.3) is 0 Å². The predicted octanol–water partition coefficient (Wildman–Crippen LogP) is 0.512. The molecular weight excluding hydrogens is 159 g/mol. The molecule has 1 saturated heterocycles. The van der Waals surface area contributed by atoms with Gasteiger partial charge in [0.1, 0.15) is 0 Å². The lowest BCUT2D eigenvalue weighted by Gasteiger charge is -2.19. The highest BCUT2D eigenvalue weighted by Crippen LogP contribution is 2.10. The van der Waals surface area contributed by atoms with Crippen LogP contribution in [0.1, 0.15) is 20.3 Å². The molecule has 2 unspecified atom stereocenters. The van der Waals surface area contributed by atoms with Gasteiger partial charge < -0.3 is 4.90 Å². The quantitative estimate of drug-likeness (QED) is 0.676. The van der Waals surface area contributed by atoms with Crippen LogP contribution >= 0.6 is 0 Å². The van der Waals surface area contributed by atoms with Crippen LogP contribution in [0.15, 0.2) is 0 Å². The molecule has 12 heavy (non-hydrogen) atoms. The third-order valence-corrected chi connectivity index (χ3v) is 2.14. The van der Waals surface area contributed by atoms with E-state index in [1.54, 1.807) is 4.90 Å². The number of hydrogen-bond acceptors (Lipinski definition) is 2. The summed E-state index contributed by atoms with van der Waals surface area (Å²) < 4.78 is 11.8. The molecule has 0 spiro atoms. The fourth-order valence-corrected chi connectivity index (χ4v) is 1.50. The largest absolute Gasteiger partial charge is 0.326 e. The molecule has 0 saturated carbocycles. The Hall–Kier alpha value is -0.640. The highest BCUT2D eigenvalue weighted by atomic mass is 19.1. The van der Waals surface area contributed by atoms with Gasteiger partial charge >= 0.3 is 0 Å². The summed E-state index contributed by atoms with van der Waals surface area (Å²) in [4.78, 5) is 13.0. The number of nitrogens with one attached hydrogen (secondary N) is 1. The van der Waals surface area contributed by atoms with Crippen molar-refractivity contribution in [2.45, 2.75) is 32.5 Å². The van der Waals surface area contributed by atoms with Gasteiger partial charge in [0.2, 0.25) is 5.91 Å². The van der Waals surface area contributed by atoms with Gasteiger partial charge in [0.15, 0.2) is 0 Å². The lowest BCUT2D eigenvalue weighted by molar-refractivity contribution is -0.129. The Labute approximate surface area is 71.9 Å². The van der Waals surface area contributed by atoms with E-state index in [9.17, 15) is 9.18 Å². The van der Waals surface area contributed by atoms with E-state index in [0.717, 1.165) is 0 Å². The highest BCUT2D eigenvalue weighted by Gasteiger charge is 2.32. The van der Waals surface area contributed by atoms with E-state index in [2.05, 4.69) is 5.32 Å². The number of rotatable bonds is 3. The third kappa shape index (κ3) is 1.75. The second-order valence-electron chi connectivity index (χ2n) is 3.14. The number of carbonyl (C=O) groups excluding carboxylic acids is 1. The first kappa shape index (κ1) is 9.45. The summed E-state index contributed by atoms with van der Waals surface area (Å²) >= 11 is 0. The number of alkyl halides is 1. The monoisotopic (exact) mass is 174 g/mol. The Bertz CT molecular complexity index is 174. The van der Waals surface area contributed by atoms with E-state index in [0.29, 0.717) is 13.0 Å². The summed E-state index contributed by atoms with van der Waals surface area (Å²) in [6, 6.07) is -0.111. The molecule has 0 aliphatic carbocycles. The minimum Gasteiger partial charge on any atom is -0.326 e. The van der Waals surface area contributed by atoms with Crippen LogP contribution in [0.3, 0.4) is 0 Å². The van der Waals surface area contributed by atoms with E-state index in [-0.39, 0.29) is 24.8 Å². The van der Waals surface area contributed by atoms with Crippen LogP contribution in [0.2, 0.25) is 0 Å². The zero-order chi connectivity index (χ0) is 9.14. The Morgan fingerprint density at radius 2 is 2.25 bits per heavy atom. The average Bonchev–Trinajstić information content (AvgIpc) is 2.25. The lowest BCUT2D eigenvalue weighted by Crippen LogP contribution is -2.35. The summed E-state index contributed by atoms with van der Waals surface area (Å²) in [6.45, 7) is 3.91. The molecule has 0 aromatic heterocycles. The molecule has 70 valence electrons. The molecule has 2 atom stereocenters. The molecule has 0 bridgehead atoms.